The summed E-state index contributed by atoms with van der Waals surface area (Å²) in [7, 11) is 0. The van der Waals surface area contributed by atoms with E-state index in [0.29, 0.717) is 11.0 Å². The standard InChI is InChI=1S/C23H23NO6/c1-4-24(5-2)19-13-20-16(12-18(23(28)30-20)22(27)29-6-3)11-17(19)14-7-9-15(10-8-14)21(25)26/h7-13H,4-6H2,1-3H3,(H,25,26). The SMILES string of the molecule is CCOC(=O)c1cc2cc(-c3ccc(C(=O)O)cc3)c(N(CC)CC)cc2oc1=O. The van der Waals surface area contributed by atoms with E-state index >= 15 is 0 Å². The second-order valence-electron chi connectivity index (χ2n) is 6.63. The number of hydrogen-bond acceptors (Lipinski definition) is 6. The molecule has 0 saturated carbocycles. The highest BCUT2D eigenvalue weighted by molar-refractivity contribution is 5.97. The number of fused-ring (bicyclic) bond motifs is 1. The van der Waals surface area contributed by atoms with Crippen molar-refractivity contribution in [3.05, 3.63) is 64.0 Å². The fourth-order valence-electron chi connectivity index (χ4n) is 3.36. The minimum absolute atomic E-state index is 0.151. The van der Waals surface area contributed by atoms with E-state index in [1.165, 1.54) is 6.07 Å². The van der Waals surface area contributed by atoms with Crippen molar-refractivity contribution < 1.29 is 23.8 Å². The zero-order valence-electron chi connectivity index (χ0n) is 17.1. The smallest absolute Gasteiger partial charge is 0.351 e. The third kappa shape index (κ3) is 4.05. The van der Waals surface area contributed by atoms with Gasteiger partial charge < -0.3 is 19.2 Å². The van der Waals surface area contributed by atoms with Crippen LogP contribution in [0.5, 0.6) is 0 Å². The van der Waals surface area contributed by atoms with Crippen LogP contribution in [-0.2, 0) is 4.74 Å². The van der Waals surface area contributed by atoms with Gasteiger partial charge in [-0.05, 0) is 50.6 Å². The van der Waals surface area contributed by atoms with Crippen LogP contribution in [0.4, 0.5) is 5.69 Å². The fourth-order valence-corrected chi connectivity index (χ4v) is 3.36. The molecule has 0 unspecified atom stereocenters. The van der Waals surface area contributed by atoms with Crippen molar-refractivity contribution in [1.29, 1.82) is 0 Å². The number of carboxylic acid groups (broad SMARTS) is 1. The van der Waals surface area contributed by atoms with E-state index in [4.69, 9.17) is 14.3 Å². The van der Waals surface area contributed by atoms with E-state index in [9.17, 15) is 14.4 Å². The summed E-state index contributed by atoms with van der Waals surface area (Å²) in [6, 6.07) is 11.7. The minimum atomic E-state index is -0.995. The molecule has 30 heavy (non-hydrogen) atoms. The number of carbonyl (C=O) groups is 2. The molecule has 0 spiro atoms. The molecular weight excluding hydrogens is 386 g/mol. The van der Waals surface area contributed by atoms with Crippen LogP contribution in [0.2, 0.25) is 0 Å². The number of anilines is 1. The summed E-state index contributed by atoms with van der Waals surface area (Å²) in [4.78, 5) is 37.7. The average molecular weight is 409 g/mol. The van der Waals surface area contributed by atoms with Crippen LogP contribution < -0.4 is 10.5 Å². The van der Waals surface area contributed by atoms with E-state index in [1.807, 2.05) is 19.9 Å². The van der Waals surface area contributed by atoms with E-state index in [1.54, 1.807) is 37.3 Å². The Labute approximate surface area is 173 Å². The number of hydrogen-bond donors (Lipinski definition) is 1. The Bertz CT molecular complexity index is 1140. The summed E-state index contributed by atoms with van der Waals surface area (Å²) in [6.07, 6.45) is 0. The monoisotopic (exact) mass is 409 g/mol. The normalized spacial score (nSPS) is 10.8. The van der Waals surface area contributed by atoms with Crippen LogP contribution in [0.1, 0.15) is 41.5 Å². The van der Waals surface area contributed by atoms with Gasteiger partial charge in [-0.25, -0.2) is 14.4 Å². The van der Waals surface area contributed by atoms with Crippen LogP contribution in [0.25, 0.3) is 22.1 Å². The first-order chi connectivity index (χ1) is 14.4. The van der Waals surface area contributed by atoms with E-state index < -0.39 is 17.6 Å². The third-order valence-corrected chi connectivity index (χ3v) is 4.89. The quantitative estimate of drug-likeness (QED) is 0.462. The largest absolute Gasteiger partial charge is 0.478 e. The number of benzene rings is 2. The molecule has 1 aromatic heterocycles. The molecule has 0 amide bonds. The Morgan fingerprint density at radius 2 is 1.70 bits per heavy atom. The third-order valence-electron chi connectivity index (χ3n) is 4.89. The summed E-state index contributed by atoms with van der Waals surface area (Å²) in [5, 5.41) is 9.74. The highest BCUT2D eigenvalue weighted by atomic mass is 16.5. The summed E-state index contributed by atoms with van der Waals surface area (Å²) >= 11 is 0. The van der Waals surface area contributed by atoms with E-state index in [0.717, 1.165) is 29.9 Å². The molecule has 0 fully saturated rings. The first-order valence-electron chi connectivity index (χ1n) is 9.77. The van der Waals surface area contributed by atoms with Crippen molar-refractivity contribution in [3.63, 3.8) is 0 Å². The summed E-state index contributed by atoms with van der Waals surface area (Å²) in [6.45, 7) is 7.31. The average Bonchev–Trinajstić information content (AvgIpc) is 2.74. The number of esters is 1. The molecule has 7 nitrogen and oxygen atoms in total. The van der Waals surface area contributed by atoms with Gasteiger partial charge in [-0.1, -0.05) is 12.1 Å². The lowest BCUT2D eigenvalue weighted by Crippen LogP contribution is -2.22. The zero-order chi connectivity index (χ0) is 21.8. The number of carbonyl (C=O) groups excluding carboxylic acids is 1. The lowest BCUT2D eigenvalue weighted by atomic mass is 9.99. The molecule has 0 aliphatic carbocycles. The molecule has 2 aromatic carbocycles. The van der Waals surface area contributed by atoms with Gasteiger partial charge in [0.15, 0.2) is 0 Å². The van der Waals surface area contributed by atoms with Crippen LogP contribution in [0, 0.1) is 0 Å². The predicted octanol–water partition coefficient (Wildman–Crippen LogP) is 4.18. The maximum Gasteiger partial charge on any atom is 0.351 e. The van der Waals surface area contributed by atoms with Gasteiger partial charge in [-0.2, -0.15) is 0 Å². The van der Waals surface area contributed by atoms with Crippen LogP contribution in [0.3, 0.4) is 0 Å². The molecule has 7 heteroatoms. The molecule has 0 radical (unpaired) electrons. The van der Waals surface area contributed by atoms with Gasteiger partial charge in [0, 0.05) is 35.8 Å². The number of nitrogens with zero attached hydrogens (tertiary/aromatic N) is 1. The Balaban J connectivity index is 2.24. The first kappa shape index (κ1) is 21.1. The van der Waals surface area contributed by atoms with Crippen molar-refractivity contribution in [3.8, 4) is 11.1 Å². The Morgan fingerprint density at radius 3 is 2.27 bits per heavy atom. The molecule has 0 aliphatic heterocycles. The Morgan fingerprint density at radius 1 is 1.03 bits per heavy atom. The number of ether oxygens (including phenoxy) is 1. The molecular formula is C23H23NO6. The second-order valence-corrected chi connectivity index (χ2v) is 6.63. The topological polar surface area (TPSA) is 97.1 Å². The Kier molecular flexibility index (Phi) is 6.20. The van der Waals surface area contributed by atoms with Crippen molar-refractivity contribution in [2.75, 3.05) is 24.6 Å². The van der Waals surface area contributed by atoms with Gasteiger partial charge in [0.25, 0.3) is 0 Å². The van der Waals surface area contributed by atoms with E-state index in [2.05, 4.69) is 4.90 Å². The van der Waals surface area contributed by atoms with Crippen molar-refractivity contribution >= 4 is 28.6 Å². The number of rotatable bonds is 7. The van der Waals surface area contributed by atoms with Gasteiger partial charge in [-0.3, -0.25) is 0 Å². The van der Waals surface area contributed by atoms with Crippen LogP contribution >= 0.6 is 0 Å². The molecule has 0 bridgehead atoms. The molecule has 3 rings (SSSR count). The molecule has 0 aliphatic rings. The maximum absolute atomic E-state index is 12.3. The van der Waals surface area contributed by atoms with Crippen LogP contribution in [-0.4, -0.2) is 36.7 Å². The lowest BCUT2D eigenvalue weighted by molar-refractivity contribution is 0.0521. The van der Waals surface area contributed by atoms with Gasteiger partial charge in [0.05, 0.1) is 12.2 Å². The maximum atomic E-state index is 12.3. The van der Waals surface area contributed by atoms with Crippen molar-refractivity contribution in [2.45, 2.75) is 20.8 Å². The summed E-state index contributed by atoms with van der Waals surface area (Å²) < 4.78 is 10.4. The molecule has 0 atom stereocenters. The predicted molar refractivity (Wildman–Crippen MR) is 114 cm³/mol. The van der Waals surface area contributed by atoms with Gasteiger partial charge in [0.2, 0.25) is 0 Å². The molecule has 156 valence electrons. The van der Waals surface area contributed by atoms with Gasteiger partial charge in [-0.15, -0.1) is 0 Å². The lowest BCUT2D eigenvalue weighted by Gasteiger charge is -2.25. The molecule has 1 N–H and O–H groups in total. The van der Waals surface area contributed by atoms with Crippen molar-refractivity contribution in [2.24, 2.45) is 0 Å². The Hall–Kier alpha value is -3.61. The second kappa shape index (κ2) is 8.82. The van der Waals surface area contributed by atoms with E-state index in [-0.39, 0.29) is 17.7 Å². The van der Waals surface area contributed by atoms with Gasteiger partial charge >= 0.3 is 17.6 Å². The summed E-state index contributed by atoms with van der Waals surface area (Å²) in [5.41, 5.74) is 2.15. The van der Waals surface area contributed by atoms with Crippen LogP contribution in [0.15, 0.2) is 51.7 Å². The molecule has 3 aromatic rings. The summed E-state index contributed by atoms with van der Waals surface area (Å²) in [5.74, 6) is -1.72. The van der Waals surface area contributed by atoms with Gasteiger partial charge in [0.1, 0.15) is 11.1 Å². The molecule has 1 heterocycles. The number of carboxylic acids is 1. The molecule has 0 saturated heterocycles. The first-order valence-corrected chi connectivity index (χ1v) is 9.77. The zero-order valence-corrected chi connectivity index (χ0v) is 17.1. The highest BCUT2D eigenvalue weighted by Gasteiger charge is 2.18. The fraction of sp³-hybridized carbons (Fsp3) is 0.261. The highest BCUT2D eigenvalue weighted by Crippen LogP contribution is 2.35. The number of aromatic carboxylic acids is 1. The minimum Gasteiger partial charge on any atom is -0.478 e. The van der Waals surface area contributed by atoms with Crippen molar-refractivity contribution in [1.82, 2.24) is 0 Å².